The van der Waals surface area contributed by atoms with Crippen molar-refractivity contribution in [1.29, 1.82) is 0 Å². The standard InChI is InChI=1S/C26H24O2/c1-19(2)17-20-13-15-22(16-14-20)25(27)18-24(21-9-5-3-6-10-21)26(28)23-11-7-4-8-12-23/h3-16,18-19H,17H2,1-2H3/b24-18+. The van der Waals surface area contributed by atoms with Crippen LogP contribution < -0.4 is 0 Å². The number of hydrogen-bond acceptors (Lipinski definition) is 2. The lowest BCUT2D eigenvalue weighted by Gasteiger charge is -2.08. The molecule has 0 aromatic heterocycles. The number of Topliss-reactive ketones (excluding diaryl/α,β-unsaturated/α-hetero) is 1. The van der Waals surface area contributed by atoms with Crippen LogP contribution >= 0.6 is 0 Å². The van der Waals surface area contributed by atoms with Gasteiger partial charge >= 0.3 is 0 Å². The minimum atomic E-state index is -0.167. The predicted octanol–water partition coefficient (Wildman–Crippen LogP) is 6.03. The Morgan fingerprint density at radius 2 is 1.25 bits per heavy atom. The Labute approximate surface area is 166 Å². The maximum atomic E-state index is 13.1. The van der Waals surface area contributed by atoms with Gasteiger partial charge in [-0.25, -0.2) is 0 Å². The van der Waals surface area contributed by atoms with Crippen LogP contribution in [0.3, 0.4) is 0 Å². The summed E-state index contributed by atoms with van der Waals surface area (Å²) in [4.78, 5) is 25.9. The molecule has 0 spiro atoms. The van der Waals surface area contributed by atoms with E-state index in [1.54, 1.807) is 12.1 Å². The molecule has 0 atom stereocenters. The van der Waals surface area contributed by atoms with E-state index in [0.717, 1.165) is 12.0 Å². The number of ketones is 2. The second-order valence-corrected chi connectivity index (χ2v) is 7.28. The van der Waals surface area contributed by atoms with E-state index in [0.29, 0.717) is 22.6 Å². The number of carbonyl (C=O) groups is 2. The van der Waals surface area contributed by atoms with E-state index in [1.165, 1.54) is 11.6 Å². The van der Waals surface area contributed by atoms with E-state index < -0.39 is 0 Å². The zero-order valence-corrected chi connectivity index (χ0v) is 16.3. The normalized spacial score (nSPS) is 11.5. The van der Waals surface area contributed by atoms with Crippen molar-refractivity contribution in [2.45, 2.75) is 20.3 Å². The molecule has 2 nitrogen and oxygen atoms in total. The van der Waals surface area contributed by atoms with Gasteiger partial charge in [0.2, 0.25) is 0 Å². The molecule has 0 N–H and O–H groups in total. The largest absolute Gasteiger partial charge is 0.289 e. The van der Waals surface area contributed by atoms with Crippen LogP contribution in [0, 0.1) is 5.92 Å². The van der Waals surface area contributed by atoms with Crippen molar-refractivity contribution in [2.75, 3.05) is 0 Å². The molecule has 28 heavy (non-hydrogen) atoms. The van der Waals surface area contributed by atoms with Crippen LogP contribution in [0.4, 0.5) is 0 Å². The molecule has 2 heteroatoms. The van der Waals surface area contributed by atoms with Crippen LogP contribution in [0.1, 0.15) is 45.7 Å². The number of hydrogen-bond donors (Lipinski definition) is 0. The first-order valence-corrected chi connectivity index (χ1v) is 9.54. The van der Waals surface area contributed by atoms with Gasteiger partial charge in [0.1, 0.15) is 0 Å². The molecule has 3 aromatic rings. The van der Waals surface area contributed by atoms with E-state index in [-0.39, 0.29) is 11.6 Å². The first-order chi connectivity index (χ1) is 13.5. The van der Waals surface area contributed by atoms with Gasteiger partial charge in [-0.3, -0.25) is 9.59 Å². The minimum absolute atomic E-state index is 0.156. The molecule has 0 radical (unpaired) electrons. The van der Waals surface area contributed by atoms with E-state index in [9.17, 15) is 9.59 Å². The summed E-state index contributed by atoms with van der Waals surface area (Å²) in [5.74, 6) is 0.241. The summed E-state index contributed by atoms with van der Waals surface area (Å²) in [6.45, 7) is 4.34. The smallest absolute Gasteiger partial charge is 0.193 e. The van der Waals surface area contributed by atoms with Gasteiger partial charge in [0.05, 0.1) is 0 Å². The molecule has 0 fully saturated rings. The van der Waals surface area contributed by atoms with Crippen LogP contribution in [0.25, 0.3) is 5.57 Å². The zero-order valence-electron chi connectivity index (χ0n) is 16.3. The summed E-state index contributed by atoms with van der Waals surface area (Å²) in [6, 6.07) is 26.0. The lowest BCUT2D eigenvalue weighted by atomic mass is 9.94. The Bertz CT molecular complexity index is 966. The van der Waals surface area contributed by atoms with Crippen LogP contribution in [0.2, 0.25) is 0 Å². The molecule has 3 rings (SSSR count). The van der Waals surface area contributed by atoms with Crippen molar-refractivity contribution in [3.8, 4) is 0 Å². The predicted molar refractivity (Wildman–Crippen MR) is 115 cm³/mol. The molecular weight excluding hydrogens is 344 g/mol. The van der Waals surface area contributed by atoms with Gasteiger partial charge in [-0.2, -0.15) is 0 Å². The molecule has 0 amide bonds. The fourth-order valence-corrected chi connectivity index (χ4v) is 3.13. The quantitative estimate of drug-likeness (QED) is 0.377. The van der Waals surface area contributed by atoms with Crippen molar-refractivity contribution < 1.29 is 9.59 Å². The van der Waals surface area contributed by atoms with Gasteiger partial charge in [0.25, 0.3) is 0 Å². The molecule has 140 valence electrons. The average molecular weight is 368 g/mol. The Hall–Kier alpha value is -3.26. The molecule has 0 aliphatic carbocycles. The van der Waals surface area contributed by atoms with Gasteiger partial charge in [-0.05, 0) is 29.5 Å². The molecule has 0 unspecified atom stereocenters. The third-order valence-corrected chi connectivity index (χ3v) is 4.52. The average Bonchev–Trinajstić information content (AvgIpc) is 2.73. The van der Waals surface area contributed by atoms with Gasteiger partial charge in [0.15, 0.2) is 11.6 Å². The first-order valence-electron chi connectivity index (χ1n) is 9.54. The number of rotatable bonds is 7. The van der Waals surface area contributed by atoms with Gasteiger partial charge in [-0.15, -0.1) is 0 Å². The Morgan fingerprint density at radius 3 is 1.79 bits per heavy atom. The highest BCUT2D eigenvalue weighted by atomic mass is 16.1. The van der Waals surface area contributed by atoms with Crippen molar-refractivity contribution in [3.05, 3.63) is 113 Å². The van der Waals surface area contributed by atoms with Crippen LogP contribution in [0.5, 0.6) is 0 Å². The van der Waals surface area contributed by atoms with E-state index in [4.69, 9.17) is 0 Å². The summed E-state index contributed by atoms with van der Waals surface area (Å²) < 4.78 is 0. The summed E-state index contributed by atoms with van der Waals surface area (Å²) in [6.07, 6.45) is 2.44. The minimum Gasteiger partial charge on any atom is -0.289 e. The molecule has 0 saturated carbocycles. The zero-order chi connectivity index (χ0) is 19.9. The Kier molecular flexibility index (Phi) is 6.33. The maximum Gasteiger partial charge on any atom is 0.193 e. The van der Waals surface area contributed by atoms with Gasteiger partial charge < -0.3 is 0 Å². The van der Waals surface area contributed by atoms with E-state index >= 15 is 0 Å². The molecule has 0 aliphatic rings. The summed E-state index contributed by atoms with van der Waals surface area (Å²) in [5, 5.41) is 0. The molecular formula is C26H24O2. The Morgan fingerprint density at radius 1 is 0.714 bits per heavy atom. The lowest BCUT2D eigenvalue weighted by molar-refractivity contribution is 0.102. The van der Waals surface area contributed by atoms with Gasteiger partial charge in [-0.1, -0.05) is 98.8 Å². The highest BCUT2D eigenvalue weighted by Crippen LogP contribution is 2.21. The fraction of sp³-hybridized carbons (Fsp3) is 0.154. The number of allylic oxidation sites excluding steroid dienone is 2. The van der Waals surface area contributed by atoms with Crippen molar-refractivity contribution >= 4 is 17.1 Å². The molecule has 0 bridgehead atoms. The highest BCUT2D eigenvalue weighted by Gasteiger charge is 2.16. The molecule has 3 aromatic carbocycles. The van der Waals surface area contributed by atoms with Crippen molar-refractivity contribution in [3.63, 3.8) is 0 Å². The Balaban J connectivity index is 1.94. The van der Waals surface area contributed by atoms with Crippen LogP contribution in [0.15, 0.2) is 91.0 Å². The number of carbonyl (C=O) groups excluding carboxylic acids is 2. The van der Waals surface area contributed by atoms with Crippen LogP contribution in [-0.4, -0.2) is 11.6 Å². The van der Waals surface area contributed by atoms with E-state index in [1.807, 2.05) is 72.8 Å². The SMILES string of the molecule is CC(C)Cc1ccc(C(=O)/C=C(/C(=O)c2ccccc2)c2ccccc2)cc1. The lowest BCUT2D eigenvalue weighted by Crippen LogP contribution is -2.06. The molecule has 0 saturated heterocycles. The van der Waals surface area contributed by atoms with Crippen LogP contribution in [-0.2, 0) is 6.42 Å². The maximum absolute atomic E-state index is 13.1. The first kappa shape index (κ1) is 19.5. The third-order valence-electron chi connectivity index (χ3n) is 4.52. The van der Waals surface area contributed by atoms with Gasteiger partial charge in [0, 0.05) is 16.7 Å². The van der Waals surface area contributed by atoms with Crippen molar-refractivity contribution in [1.82, 2.24) is 0 Å². The summed E-state index contributed by atoms with van der Waals surface area (Å²) in [7, 11) is 0. The summed E-state index contributed by atoms with van der Waals surface area (Å²) in [5.41, 5.74) is 3.50. The molecule has 0 aliphatic heterocycles. The van der Waals surface area contributed by atoms with Crippen molar-refractivity contribution in [2.24, 2.45) is 5.92 Å². The topological polar surface area (TPSA) is 34.1 Å². The third kappa shape index (κ3) is 4.92. The monoisotopic (exact) mass is 368 g/mol. The summed E-state index contributed by atoms with van der Waals surface area (Å²) >= 11 is 0. The highest BCUT2D eigenvalue weighted by molar-refractivity contribution is 6.32. The fourth-order valence-electron chi connectivity index (χ4n) is 3.13. The molecule has 0 heterocycles. The van der Waals surface area contributed by atoms with E-state index in [2.05, 4.69) is 13.8 Å². The second kappa shape index (κ2) is 9.09. The number of benzene rings is 3. The second-order valence-electron chi connectivity index (χ2n) is 7.28.